The van der Waals surface area contributed by atoms with E-state index in [0.29, 0.717) is 18.9 Å². The van der Waals surface area contributed by atoms with Crippen LogP contribution >= 0.6 is 0 Å². The molecule has 0 radical (unpaired) electrons. The van der Waals surface area contributed by atoms with Gasteiger partial charge in [-0.15, -0.1) is 0 Å². The second kappa shape index (κ2) is 5.30. The highest BCUT2D eigenvalue weighted by molar-refractivity contribution is 6.05. The maximum Gasteiger partial charge on any atom is 0.416 e. The lowest BCUT2D eigenvalue weighted by Crippen LogP contribution is -2.05. The van der Waals surface area contributed by atoms with E-state index < -0.39 is 11.7 Å². The molecule has 1 aromatic rings. The maximum atomic E-state index is 12.4. The molecule has 100 valence electrons. The lowest BCUT2D eigenvalue weighted by Gasteiger charge is -2.09. The van der Waals surface area contributed by atoms with Crippen LogP contribution in [0, 0.1) is 0 Å². The molecule has 5 heteroatoms. The summed E-state index contributed by atoms with van der Waals surface area (Å²) >= 11 is 0. The van der Waals surface area contributed by atoms with Gasteiger partial charge in [0.2, 0.25) is 0 Å². The standard InChI is InChI=1S/C14H12F3NO/c1-2-12-7-10(8-18-12)9-19-13-5-3-11(4-6-13)14(15,16)17/h2-7H,1,8-9H2. The Labute approximate surface area is 108 Å². The minimum absolute atomic E-state index is 0.312. The second-order valence-corrected chi connectivity index (χ2v) is 4.06. The summed E-state index contributed by atoms with van der Waals surface area (Å²) < 4.78 is 42.5. The molecule has 0 aromatic heterocycles. The largest absolute Gasteiger partial charge is 0.489 e. The van der Waals surface area contributed by atoms with Crippen molar-refractivity contribution in [3.63, 3.8) is 0 Å². The number of rotatable bonds is 4. The molecule has 0 saturated carbocycles. The number of alkyl halides is 3. The van der Waals surface area contributed by atoms with E-state index in [0.717, 1.165) is 23.4 Å². The Bertz CT molecular complexity index is 527. The molecule has 0 spiro atoms. The average Bonchev–Trinajstić information content (AvgIpc) is 2.84. The summed E-state index contributed by atoms with van der Waals surface area (Å²) in [5.74, 6) is 0.404. The van der Waals surface area contributed by atoms with Crippen LogP contribution in [0.3, 0.4) is 0 Å². The van der Waals surface area contributed by atoms with Crippen LogP contribution in [0.4, 0.5) is 13.2 Å². The zero-order valence-electron chi connectivity index (χ0n) is 10.1. The Morgan fingerprint density at radius 1 is 1.26 bits per heavy atom. The molecule has 0 amide bonds. The first-order valence-corrected chi connectivity index (χ1v) is 5.65. The lowest BCUT2D eigenvalue weighted by atomic mass is 10.2. The van der Waals surface area contributed by atoms with E-state index in [1.165, 1.54) is 12.1 Å². The van der Waals surface area contributed by atoms with Crippen LogP contribution in [0.25, 0.3) is 0 Å². The van der Waals surface area contributed by atoms with Gasteiger partial charge in [0.25, 0.3) is 0 Å². The van der Waals surface area contributed by atoms with Crippen LogP contribution in [0.15, 0.2) is 53.6 Å². The molecule has 19 heavy (non-hydrogen) atoms. The highest BCUT2D eigenvalue weighted by Crippen LogP contribution is 2.30. The van der Waals surface area contributed by atoms with Crippen molar-refractivity contribution < 1.29 is 17.9 Å². The summed E-state index contributed by atoms with van der Waals surface area (Å²) in [5, 5.41) is 0. The summed E-state index contributed by atoms with van der Waals surface area (Å²) in [6, 6.07) is 4.63. The second-order valence-electron chi connectivity index (χ2n) is 4.06. The van der Waals surface area contributed by atoms with Crippen molar-refractivity contribution in [3.8, 4) is 5.75 Å². The number of hydrogen-bond donors (Lipinski definition) is 0. The summed E-state index contributed by atoms with van der Waals surface area (Å²) in [6.45, 7) is 4.46. The normalized spacial score (nSPS) is 14.9. The molecule has 0 atom stereocenters. The van der Waals surface area contributed by atoms with Gasteiger partial charge in [-0.3, -0.25) is 4.99 Å². The van der Waals surface area contributed by atoms with Crippen molar-refractivity contribution in [2.45, 2.75) is 6.18 Å². The molecule has 1 aliphatic heterocycles. The molecule has 2 rings (SSSR count). The molecule has 1 aromatic carbocycles. The van der Waals surface area contributed by atoms with Gasteiger partial charge in [0, 0.05) is 0 Å². The van der Waals surface area contributed by atoms with Gasteiger partial charge in [0.15, 0.2) is 0 Å². The highest BCUT2D eigenvalue weighted by atomic mass is 19.4. The molecule has 2 nitrogen and oxygen atoms in total. The van der Waals surface area contributed by atoms with E-state index in [2.05, 4.69) is 11.6 Å². The van der Waals surface area contributed by atoms with Crippen molar-refractivity contribution >= 4 is 5.71 Å². The van der Waals surface area contributed by atoms with Crippen LogP contribution in [0.5, 0.6) is 5.75 Å². The zero-order chi connectivity index (χ0) is 13.9. The van der Waals surface area contributed by atoms with Crippen molar-refractivity contribution in [1.29, 1.82) is 0 Å². The minimum atomic E-state index is -4.32. The molecule has 0 aliphatic carbocycles. The fourth-order valence-corrected chi connectivity index (χ4v) is 1.62. The molecule has 0 saturated heterocycles. The maximum absolute atomic E-state index is 12.4. The third-order valence-corrected chi connectivity index (χ3v) is 2.63. The number of aliphatic imine (C=N–C) groups is 1. The predicted octanol–water partition coefficient (Wildman–Crippen LogP) is 3.65. The first-order valence-electron chi connectivity index (χ1n) is 5.65. The van der Waals surface area contributed by atoms with Gasteiger partial charge < -0.3 is 4.74 Å². The number of hydrogen-bond acceptors (Lipinski definition) is 2. The summed E-state index contributed by atoms with van der Waals surface area (Å²) in [7, 11) is 0. The van der Waals surface area contributed by atoms with Crippen molar-refractivity contribution in [2.24, 2.45) is 4.99 Å². The van der Waals surface area contributed by atoms with E-state index in [-0.39, 0.29) is 0 Å². The third kappa shape index (κ3) is 3.47. The van der Waals surface area contributed by atoms with Crippen LogP contribution < -0.4 is 4.74 Å². The monoisotopic (exact) mass is 267 g/mol. The molecule has 0 unspecified atom stereocenters. The quantitative estimate of drug-likeness (QED) is 0.816. The van der Waals surface area contributed by atoms with Gasteiger partial charge in [-0.2, -0.15) is 13.2 Å². The molecule has 0 bridgehead atoms. The number of ether oxygens (including phenoxy) is 1. The van der Waals surface area contributed by atoms with E-state index in [1.54, 1.807) is 6.08 Å². The summed E-state index contributed by atoms with van der Waals surface area (Å²) in [5.41, 5.74) is 1.08. The minimum Gasteiger partial charge on any atom is -0.489 e. The van der Waals surface area contributed by atoms with Gasteiger partial charge in [-0.1, -0.05) is 6.58 Å². The molecule has 1 heterocycles. The first kappa shape index (κ1) is 13.4. The number of nitrogens with zero attached hydrogens (tertiary/aromatic N) is 1. The lowest BCUT2D eigenvalue weighted by molar-refractivity contribution is -0.137. The molecule has 0 N–H and O–H groups in total. The highest BCUT2D eigenvalue weighted by Gasteiger charge is 2.29. The predicted molar refractivity (Wildman–Crippen MR) is 67.5 cm³/mol. The average molecular weight is 267 g/mol. The van der Waals surface area contributed by atoms with E-state index in [1.807, 2.05) is 6.08 Å². The zero-order valence-corrected chi connectivity index (χ0v) is 10.1. The van der Waals surface area contributed by atoms with Gasteiger partial charge in [-0.05, 0) is 42.0 Å². The van der Waals surface area contributed by atoms with Crippen molar-refractivity contribution in [3.05, 3.63) is 54.1 Å². The van der Waals surface area contributed by atoms with Gasteiger partial charge in [-0.25, -0.2) is 0 Å². The van der Waals surface area contributed by atoms with E-state index in [4.69, 9.17) is 4.74 Å². The van der Waals surface area contributed by atoms with Gasteiger partial charge in [0.05, 0.1) is 17.8 Å². The van der Waals surface area contributed by atoms with Gasteiger partial charge >= 0.3 is 6.18 Å². The van der Waals surface area contributed by atoms with Crippen molar-refractivity contribution in [1.82, 2.24) is 0 Å². The Kier molecular flexibility index (Phi) is 3.74. The molecule has 0 fully saturated rings. The Hall–Kier alpha value is -2.04. The van der Waals surface area contributed by atoms with Crippen LogP contribution in [0.2, 0.25) is 0 Å². The third-order valence-electron chi connectivity index (χ3n) is 2.63. The Morgan fingerprint density at radius 3 is 2.47 bits per heavy atom. The fourth-order valence-electron chi connectivity index (χ4n) is 1.62. The number of benzene rings is 1. The van der Waals surface area contributed by atoms with E-state index >= 15 is 0 Å². The molecular formula is C14H12F3NO. The Balaban J connectivity index is 1.93. The SMILES string of the molecule is C=CC1=NCC(COc2ccc(C(F)(F)F)cc2)=C1. The topological polar surface area (TPSA) is 21.6 Å². The summed E-state index contributed by atoms with van der Waals surface area (Å²) in [6.07, 6.45) is -0.818. The van der Waals surface area contributed by atoms with Crippen LogP contribution in [0.1, 0.15) is 5.56 Å². The first-order chi connectivity index (χ1) is 8.99. The van der Waals surface area contributed by atoms with Crippen LogP contribution in [-0.4, -0.2) is 18.9 Å². The van der Waals surface area contributed by atoms with Gasteiger partial charge in [0.1, 0.15) is 12.4 Å². The van der Waals surface area contributed by atoms with Crippen LogP contribution in [-0.2, 0) is 6.18 Å². The number of allylic oxidation sites excluding steroid dienone is 2. The number of halogens is 3. The fraction of sp³-hybridized carbons (Fsp3) is 0.214. The van der Waals surface area contributed by atoms with E-state index in [9.17, 15) is 13.2 Å². The smallest absolute Gasteiger partial charge is 0.416 e. The van der Waals surface area contributed by atoms with Crippen molar-refractivity contribution in [2.75, 3.05) is 13.2 Å². The molecular weight excluding hydrogens is 255 g/mol. The Morgan fingerprint density at radius 2 is 1.95 bits per heavy atom. The molecule has 1 aliphatic rings. The summed E-state index contributed by atoms with van der Waals surface area (Å²) in [4.78, 5) is 4.17.